The number of benzene rings is 9. The molecule has 0 spiro atoms. The Balaban J connectivity index is 0.000000227. The molecule has 77 heavy (non-hydrogen) atoms. The molecule has 9 aromatic rings. The third-order valence-corrected chi connectivity index (χ3v) is 19.0. The van der Waals surface area contributed by atoms with Crippen molar-refractivity contribution in [3.05, 3.63) is 268 Å². The van der Waals surface area contributed by atoms with Gasteiger partial charge in [0.05, 0.1) is 0 Å². The number of rotatable bonds is 9. The topological polar surface area (TPSA) is 184 Å². The van der Waals surface area contributed by atoms with Gasteiger partial charge in [0.1, 0.15) is 0 Å². The van der Waals surface area contributed by atoms with Gasteiger partial charge in [-0.05, 0) is 134 Å². The number of hydrogen-bond acceptors (Lipinski definition) is 8. The van der Waals surface area contributed by atoms with Gasteiger partial charge >= 0.3 is 27.7 Å². The summed E-state index contributed by atoms with van der Waals surface area (Å²) in [6.07, 6.45) is 0. The van der Waals surface area contributed by atoms with Crippen molar-refractivity contribution in [3.63, 3.8) is 0 Å². The molecule has 0 heterocycles. The Morgan fingerprint density at radius 2 is 0.247 bits per heavy atom. The molecular weight excluding hydrogens is 1250 g/mol. The first-order valence-corrected chi connectivity index (χ1v) is 30.6. The van der Waals surface area contributed by atoms with E-state index in [0.717, 1.165) is 0 Å². The normalized spacial score (nSPS) is 10.9. The third kappa shape index (κ3) is 23.4. The molecule has 9 aromatic carbocycles. The van der Waals surface area contributed by atoms with Crippen LogP contribution in [0, 0.1) is 82.8 Å². The molecule has 0 aromatic heterocycles. The fourth-order valence-corrected chi connectivity index (χ4v) is 14.3. The molecule has 0 bridgehead atoms. The molecule has 0 N–H and O–H groups in total. The summed E-state index contributed by atoms with van der Waals surface area (Å²) >= 11 is 0. The average molecular weight is 1310 g/mol. The standard InChI is InChI=1S/3C21H21P.2ClHO4.Hg/c3*1-16-4-10-19(11-5-16)22(20-12-6-17(2)7-13-20)21-14-8-18(3)9-15-21;2*2-1(3,4)5;/h3*4-15H,1-3H3;2*(H,2,3,4,5);/q;;;;;+2/p-2. The van der Waals surface area contributed by atoms with E-state index in [4.69, 9.17) is 37.3 Å². The van der Waals surface area contributed by atoms with E-state index in [0.29, 0.717) is 0 Å². The quantitative estimate of drug-likeness (QED) is 0.155. The maximum Gasteiger partial charge on any atom is 2.00 e. The van der Waals surface area contributed by atoms with E-state index >= 15 is 0 Å². The summed E-state index contributed by atoms with van der Waals surface area (Å²) in [5, 5.41) is 12.7. The van der Waals surface area contributed by atoms with Gasteiger partial charge in [-0.1, -0.05) is 268 Å². The van der Waals surface area contributed by atoms with Gasteiger partial charge in [0.25, 0.3) is 0 Å². The zero-order valence-electron chi connectivity index (χ0n) is 44.9. The first kappa shape index (κ1) is 65.0. The van der Waals surface area contributed by atoms with Crippen LogP contribution in [0.3, 0.4) is 0 Å². The molecule has 0 saturated carbocycles. The zero-order valence-corrected chi connectivity index (χ0v) is 54.5. The minimum absolute atomic E-state index is 0. The van der Waals surface area contributed by atoms with Crippen molar-refractivity contribution in [2.75, 3.05) is 0 Å². The first-order chi connectivity index (χ1) is 35.9. The van der Waals surface area contributed by atoms with E-state index in [2.05, 4.69) is 281 Å². The molecule has 8 nitrogen and oxygen atoms in total. The summed E-state index contributed by atoms with van der Waals surface area (Å²) in [7, 11) is -11.3. The van der Waals surface area contributed by atoms with E-state index in [1.54, 1.807) is 0 Å². The molecule has 0 unspecified atom stereocenters. The van der Waals surface area contributed by atoms with Crippen molar-refractivity contribution in [1.29, 1.82) is 0 Å². The fraction of sp³-hybridized carbons (Fsp3) is 0.143. The van der Waals surface area contributed by atoms with Crippen LogP contribution in [0.2, 0.25) is 0 Å². The van der Waals surface area contributed by atoms with Crippen LogP contribution in [0.1, 0.15) is 50.1 Å². The van der Waals surface area contributed by atoms with Gasteiger partial charge in [0, 0.05) is 0 Å². The Morgan fingerprint density at radius 3 is 0.312 bits per heavy atom. The maximum atomic E-state index is 8.49. The Bertz CT molecular complexity index is 2450. The molecule has 0 saturated heterocycles. The van der Waals surface area contributed by atoms with Crippen LogP contribution in [-0.4, -0.2) is 0 Å². The van der Waals surface area contributed by atoms with E-state index in [1.165, 1.54) is 97.8 Å². The molecule has 0 aliphatic rings. The van der Waals surface area contributed by atoms with Crippen LogP contribution >= 0.6 is 23.8 Å². The smallest absolute Gasteiger partial charge is 0.222 e. The maximum absolute atomic E-state index is 8.49. The van der Waals surface area contributed by atoms with E-state index in [1.807, 2.05) is 0 Å². The van der Waals surface area contributed by atoms with Crippen molar-refractivity contribution in [1.82, 2.24) is 0 Å². The summed E-state index contributed by atoms with van der Waals surface area (Å²) in [5.74, 6) is 0. The minimum atomic E-state index is -4.94. The van der Waals surface area contributed by atoms with Crippen LogP contribution in [0.4, 0.5) is 0 Å². The minimum Gasteiger partial charge on any atom is -0.222 e. The van der Waals surface area contributed by atoms with Gasteiger partial charge in [-0.25, -0.2) is 37.3 Å². The number of halogens is 2. The third-order valence-electron chi connectivity index (χ3n) is 11.6. The molecule has 9 rings (SSSR count). The fourth-order valence-electron chi connectivity index (χ4n) is 7.59. The van der Waals surface area contributed by atoms with Crippen molar-refractivity contribution in [2.45, 2.75) is 62.3 Å². The van der Waals surface area contributed by atoms with Gasteiger partial charge in [0.15, 0.2) is 0 Å². The van der Waals surface area contributed by atoms with Crippen LogP contribution in [0.25, 0.3) is 0 Å². The van der Waals surface area contributed by atoms with Crippen molar-refractivity contribution in [2.24, 2.45) is 0 Å². The monoisotopic (exact) mass is 1310 g/mol. The summed E-state index contributed by atoms with van der Waals surface area (Å²) in [6.45, 7) is 19.3. The second-order valence-corrected chi connectivity index (χ2v) is 26.5. The molecule has 0 atom stereocenters. The molecule has 0 fully saturated rings. The summed E-state index contributed by atoms with van der Waals surface area (Å²) in [5.41, 5.74) is 11.8. The van der Waals surface area contributed by atoms with Crippen LogP contribution in [-0.2, 0) is 27.7 Å². The van der Waals surface area contributed by atoms with Crippen LogP contribution in [0.15, 0.2) is 218 Å². The predicted octanol–water partition coefficient (Wildman–Crippen LogP) is 3.60. The van der Waals surface area contributed by atoms with Gasteiger partial charge in [0.2, 0.25) is 0 Å². The molecule has 0 amide bonds. The van der Waals surface area contributed by atoms with E-state index in [9.17, 15) is 0 Å². The van der Waals surface area contributed by atoms with Gasteiger partial charge in [-0.2, -0.15) is 0 Å². The van der Waals surface area contributed by atoms with Gasteiger partial charge in [-0.15, -0.1) is 20.5 Å². The number of aryl methyl sites for hydroxylation is 9. The molecular formula is C63H63Cl2HgO8P3. The van der Waals surface area contributed by atoms with Crippen molar-refractivity contribution < 1.29 is 85.4 Å². The van der Waals surface area contributed by atoms with Crippen LogP contribution < -0.4 is 85.0 Å². The Kier molecular flexibility index (Phi) is 26.4. The summed E-state index contributed by atoms with van der Waals surface area (Å²) in [4.78, 5) is 0. The zero-order chi connectivity index (χ0) is 55.6. The van der Waals surface area contributed by atoms with E-state index in [-0.39, 0.29) is 27.7 Å². The largest absolute Gasteiger partial charge is 2.00 e. The first-order valence-electron chi connectivity index (χ1n) is 24.1. The Morgan fingerprint density at radius 1 is 0.182 bits per heavy atom. The molecule has 0 aliphatic carbocycles. The molecule has 14 heteroatoms. The second-order valence-electron chi connectivity index (χ2n) is 18.3. The van der Waals surface area contributed by atoms with Gasteiger partial charge < -0.3 is 0 Å². The molecule has 0 radical (unpaired) electrons. The van der Waals surface area contributed by atoms with Gasteiger partial charge in [-0.3, -0.25) is 0 Å². The number of hydrogen-bond donors (Lipinski definition) is 0. The molecule has 0 aliphatic heterocycles. The SMILES string of the molecule is Cc1ccc(P(c2ccc(C)cc2)c2ccc(C)cc2)cc1.Cc1ccc(P(c2ccc(C)cc2)c2ccc(C)cc2)cc1.Cc1ccc(P(c2ccc(C)cc2)c2ccc(C)cc2)cc1.[Hg+2].[O-][Cl+3]([O-])([O-])[O-].[O-][Cl+3]([O-])([O-])[O-]. The van der Waals surface area contributed by atoms with Crippen LogP contribution in [0.5, 0.6) is 0 Å². The van der Waals surface area contributed by atoms with Crippen molar-refractivity contribution >= 4 is 71.5 Å². The molecule has 394 valence electrons. The Labute approximate surface area is 484 Å². The Hall–Kier alpha value is -4.53. The summed E-state index contributed by atoms with van der Waals surface area (Å²) in [6, 6.07) is 80.9. The summed E-state index contributed by atoms with van der Waals surface area (Å²) < 4.78 is 67.9. The second kappa shape index (κ2) is 31.3. The predicted molar refractivity (Wildman–Crippen MR) is 298 cm³/mol. The average Bonchev–Trinajstić information content (AvgIpc) is 3.36. The van der Waals surface area contributed by atoms with Crippen molar-refractivity contribution in [3.8, 4) is 0 Å². The van der Waals surface area contributed by atoms with E-state index < -0.39 is 44.3 Å².